The average Bonchev–Trinajstić information content (AvgIpc) is 1.90. The van der Waals surface area contributed by atoms with Gasteiger partial charge in [-0.1, -0.05) is 19.9 Å². The molecular weight excluding hydrogens is 124 g/mol. The SMILES string of the molecule is C=CC(C)(C)C(C#N)C#N. The van der Waals surface area contributed by atoms with Gasteiger partial charge in [0.2, 0.25) is 0 Å². The summed E-state index contributed by atoms with van der Waals surface area (Å²) in [4.78, 5) is 0. The van der Waals surface area contributed by atoms with Crippen LogP contribution in [0.2, 0.25) is 0 Å². The summed E-state index contributed by atoms with van der Waals surface area (Å²) >= 11 is 0. The molecule has 0 aliphatic rings. The minimum atomic E-state index is -0.593. The molecule has 0 spiro atoms. The predicted octanol–water partition coefficient (Wildman–Crippen LogP) is 1.86. The lowest BCUT2D eigenvalue weighted by Gasteiger charge is -2.19. The van der Waals surface area contributed by atoms with E-state index in [1.54, 1.807) is 6.08 Å². The van der Waals surface area contributed by atoms with Crippen molar-refractivity contribution < 1.29 is 0 Å². The highest BCUT2D eigenvalue weighted by Crippen LogP contribution is 2.26. The molecule has 0 aromatic carbocycles. The molecule has 0 amide bonds. The topological polar surface area (TPSA) is 47.6 Å². The lowest BCUT2D eigenvalue weighted by atomic mass is 9.81. The van der Waals surface area contributed by atoms with Crippen LogP contribution in [0, 0.1) is 34.0 Å². The summed E-state index contributed by atoms with van der Waals surface area (Å²) in [6.45, 7) is 7.18. The number of hydrogen-bond donors (Lipinski definition) is 0. The molecule has 0 atom stereocenters. The van der Waals surface area contributed by atoms with Gasteiger partial charge in [-0.3, -0.25) is 0 Å². The Hall–Kier alpha value is -1.28. The number of hydrogen-bond acceptors (Lipinski definition) is 2. The monoisotopic (exact) mass is 134 g/mol. The van der Waals surface area contributed by atoms with Crippen LogP contribution in [0.15, 0.2) is 12.7 Å². The predicted molar refractivity (Wildman–Crippen MR) is 38.7 cm³/mol. The molecular formula is C8H10N2. The fourth-order valence-corrected chi connectivity index (χ4v) is 0.479. The lowest BCUT2D eigenvalue weighted by Crippen LogP contribution is -2.17. The second kappa shape index (κ2) is 3.03. The van der Waals surface area contributed by atoms with Gasteiger partial charge in [-0.05, 0) is 0 Å². The Kier molecular flexibility index (Phi) is 2.65. The molecule has 2 heteroatoms. The van der Waals surface area contributed by atoms with Crippen LogP contribution in [0.3, 0.4) is 0 Å². The van der Waals surface area contributed by atoms with E-state index in [-0.39, 0.29) is 0 Å². The largest absolute Gasteiger partial charge is 0.197 e. The van der Waals surface area contributed by atoms with E-state index in [2.05, 4.69) is 6.58 Å². The minimum absolute atomic E-state index is 0.399. The van der Waals surface area contributed by atoms with Crippen molar-refractivity contribution in [2.24, 2.45) is 11.3 Å². The number of allylic oxidation sites excluding steroid dienone is 1. The van der Waals surface area contributed by atoms with E-state index in [9.17, 15) is 0 Å². The summed E-state index contributed by atoms with van der Waals surface area (Å²) in [6, 6.07) is 3.82. The zero-order valence-electron chi connectivity index (χ0n) is 6.26. The summed E-state index contributed by atoms with van der Waals surface area (Å²) in [6.07, 6.45) is 1.63. The van der Waals surface area contributed by atoms with E-state index in [4.69, 9.17) is 10.5 Å². The zero-order valence-corrected chi connectivity index (χ0v) is 6.26. The molecule has 0 unspecified atom stereocenters. The molecule has 0 aliphatic heterocycles. The highest BCUT2D eigenvalue weighted by molar-refractivity contribution is 5.11. The quantitative estimate of drug-likeness (QED) is 0.541. The van der Waals surface area contributed by atoms with Crippen molar-refractivity contribution in [2.75, 3.05) is 0 Å². The Morgan fingerprint density at radius 1 is 1.40 bits per heavy atom. The molecule has 0 saturated carbocycles. The van der Waals surface area contributed by atoms with E-state index in [1.165, 1.54) is 0 Å². The highest BCUT2D eigenvalue weighted by Gasteiger charge is 2.25. The first-order valence-electron chi connectivity index (χ1n) is 3.01. The second-order valence-corrected chi connectivity index (χ2v) is 2.72. The van der Waals surface area contributed by atoms with Crippen LogP contribution in [0.5, 0.6) is 0 Å². The van der Waals surface area contributed by atoms with Gasteiger partial charge in [0.05, 0.1) is 12.1 Å². The molecule has 0 saturated heterocycles. The van der Waals surface area contributed by atoms with E-state index in [1.807, 2.05) is 26.0 Å². The van der Waals surface area contributed by atoms with Gasteiger partial charge in [-0.2, -0.15) is 10.5 Å². The summed E-state index contributed by atoms with van der Waals surface area (Å²) < 4.78 is 0. The van der Waals surface area contributed by atoms with Gasteiger partial charge < -0.3 is 0 Å². The van der Waals surface area contributed by atoms with Crippen molar-refractivity contribution in [1.29, 1.82) is 10.5 Å². The van der Waals surface area contributed by atoms with Crippen molar-refractivity contribution in [2.45, 2.75) is 13.8 Å². The summed E-state index contributed by atoms with van der Waals surface area (Å²) in [5.74, 6) is -0.593. The maximum absolute atomic E-state index is 8.47. The molecule has 0 radical (unpaired) electrons. The molecule has 10 heavy (non-hydrogen) atoms. The first-order chi connectivity index (χ1) is 4.58. The number of nitriles is 2. The molecule has 0 aliphatic carbocycles. The summed E-state index contributed by atoms with van der Waals surface area (Å²) in [5.41, 5.74) is -0.399. The maximum atomic E-state index is 8.47. The third-order valence-electron chi connectivity index (χ3n) is 1.53. The number of rotatable bonds is 2. The van der Waals surface area contributed by atoms with Crippen molar-refractivity contribution >= 4 is 0 Å². The molecule has 0 heterocycles. The molecule has 0 rings (SSSR count). The Morgan fingerprint density at radius 2 is 1.80 bits per heavy atom. The van der Waals surface area contributed by atoms with Crippen molar-refractivity contribution in [3.8, 4) is 12.1 Å². The molecule has 2 nitrogen and oxygen atoms in total. The van der Waals surface area contributed by atoms with E-state index in [0.717, 1.165) is 0 Å². The fraction of sp³-hybridized carbons (Fsp3) is 0.500. The first-order valence-corrected chi connectivity index (χ1v) is 3.01. The van der Waals surface area contributed by atoms with Gasteiger partial charge in [0, 0.05) is 5.41 Å². The molecule has 0 N–H and O–H groups in total. The average molecular weight is 134 g/mol. The maximum Gasteiger partial charge on any atom is 0.141 e. The van der Waals surface area contributed by atoms with Crippen LogP contribution >= 0.6 is 0 Å². The fourth-order valence-electron chi connectivity index (χ4n) is 0.479. The van der Waals surface area contributed by atoms with Crippen LogP contribution in [0.4, 0.5) is 0 Å². The van der Waals surface area contributed by atoms with Gasteiger partial charge in [0.15, 0.2) is 0 Å². The summed E-state index contributed by atoms with van der Waals surface area (Å²) in [7, 11) is 0. The van der Waals surface area contributed by atoms with Crippen molar-refractivity contribution in [3.05, 3.63) is 12.7 Å². The smallest absolute Gasteiger partial charge is 0.141 e. The molecule has 0 aromatic heterocycles. The van der Waals surface area contributed by atoms with Gasteiger partial charge in [0.1, 0.15) is 5.92 Å². The van der Waals surface area contributed by atoms with Crippen LogP contribution in [-0.2, 0) is 0 Å². The Balaban J connectivity index is 4.49. The van der Waals surface area contributed by atoms with E-state index >= 15 is 0 Å². The van der Waals surface area contributed by atoms with E-state index < -0.39 is 11.3 Å². The minimum Gasteiger partial charge on any atom is -0.197 e. The third-order valence-corrected chi connectivity index (χ3v) is 1.53. The number of nitrogens with zero attached hydrogens (tertiary/aromatic N) is 2. The van der Waals surface area contributed by atoms with Crippen LogP contribution < -0.4 is 0 Å². The first kappa shape index (κ1) is 8.72. The highest BCUT2D eigenvalue weighted by atomic mass is 14.4. The van der Waals surface area contributed by atoms with Crippen molar-refractivity contribution in [3.63, 3.8) is 0 Å². The van der Waals surface area contributed by atoms with Crippen LogP contribution in [0.25, 0.3) is 0 Å². The normalized spacial score (nSPS) is 10.1. The Morgan fingerprint density at radius 3 is 1.90 bits per heavy atom. The Bertz CT molecular complexity index is 188. The summed E-state index contributed by atoms with van der Waals surface area (Å²) in [5, 5.41) is 16.9. The molecule has 0 aromatic rings. The van der Waals surface area contributed by atoms with Gasteiger partial charge in [0.25, 0.3) is 0 Å². The second-order valence-electron chi connectivity index (χ2n) is 2.72. The van der Waals surface area contributed by atoms with Gasteiger partial charge in [-0.25, -0.2) is 0 Å². The van der Waals surface area contributed by atoms with Crippen LogP contribution in [0.1, 0.15) is 13.8 Å². The zero-order chi connectivity index (χ0) is 8.20. The van der Waals surface area contributed by atoms with E-state index in [0.29, 0.717) is 0 Å². The lowest BCUT2D eigenvalue weighted by molar-refractivity contribution is 0.418. The molecule has 0 fully saturated rings. The van der Waals surface area contributed by atoms with Gasteiger partial charge in [-0.15, -0.1) is 6.58 Å². The van der Waals surface area contributed by atoms with Gasteiger partial charge >= 0.3 is 0 Å². The molecule has 0 bridgehead atoms. The third kappa shape index (κ3) is 1.60. The Labute approximate surface area is 61.4 Å². The van der Waals surface area contributed by atoms with Crippen molar-refractivity contribution in [1.82, 2.24) is 0 Å². The standard InChI is InChI=1S/C8H10N2/c1-4-8(2,3)7(5-9)6-10/h4,7H,1H2,2-3H3. The molecule has 52 valence electrons. The van der Waals surface area contributed by atoms with Crippen LogP contribution in [-0.4, -0.2) is 0 Å².